The van der Waals surface area contributed by atoms with Gasteiger partial charge in [-0.15, -0.1) is 11.3 Å². The van der Waals surface area contributed by atoms with Crippen molar-refractivity contribution in [2.75, 3.05) is 5.32 Å². The molecule has 5 heteroatoms. The van der Waals surface area contributed by atoms with Crippen LogP contribution in [-0.2, 0) is 6.42 Å². The molecule has 2 aromatic carbocycles. The molecule has 0 atom stereocenters. The first-order valence-electron chi connectivity index (χ1n) is 8.84. The Kier molecular flexibility index (Phi) is 4.85. The molecule has 0 aliphatic heterocycles. The number of aryl methyl sites for hydroxylation is 1. The zero-order chi connectivity index (χ0) is 18.6. The fraction of sp³-hybridized carbons (Fsp3) is 0.0909. The van der Waals surface area contributed by atoms with Crippen LogP contribution < -0.4 is 5.32 Å². The fourth-order valence-electron chi connectivity index (χ4n) is 2.92. The lowest BCUT2D eigenvalue weighted by molar-refractivity contribution is 0.101. The van der Waals surface area contributed by atoms with Crippen LogP contribution in [0.3, 0.4) is 0 Å². The summed E-state index contributed by atoms with van der Waals surface area (Å²) in [5.74, 6) is -0.178. The van der Waals surface area contributed by atoms with E-state index < -0.39 is 0 Å². The van der Waals surface area contributed by atoms with E-state index in [0.29, 0.717) is 5.69 Å². The van der Waals surface area contributed by atoms with Crippen LogP contribution >= 0.6 is 11.3 Å². The summed E-state index contributed by atoms with van der Waals surface area (Å²) in [6.45, 7) is 2.10. The fourth-order valence-corrected chi connectivity index (χ4v) is 3.60. The molecule has 1 N–H and O–H groups in total. The highest BCUT2D eigenvalue weighted by Crippen LogP contribution is 2.26. The standard InChI is InChI=1S/C22H19N3OS/c1-2-16-8-6-9-17(14-16)23-22(26)20-15-19(21-12-7-13-27-21)24-25(20)18-10-4-3-5-11-18/h3-15H,2H2,1H3,(H,23,26). The number of carbonyl (C=O) groups is 1. The first kappa shape index (κ1) is 17.2. The first-order valence-corrected chi connectivity index (χ1v) is 9.72. The summed E-state index contributed by atoms with van der Waals surface area (Å²) in [4.78, 5) is 14.1. The Hall–Kier alpha value is -3.18. The second-order valence-electron chi connectivity index (χ2n) is 6.15. The molecule has 1 amide bonds. The van der Waals surface area contributed by atoms with Crippen molar-refractivity contribution < 1.29 is 4.79 Å². The van der Waals surface area contributed by atoms with Crippen LogP contribution in [0.5, 0.6) is 0 Å². The second kappa shape index (κ2) is 7.60. The summed E-state index contributed by atoms with van der Waals surface area (Å²) in [5, 5.41) is 9.70. The van der Waals surface area contributed by atoms with E-state index in [1.54, 1.807) is 16.0 Å². The summed E-state index contributed by atoms with van der Waals surface area (Å²) in [7, 11) is 0. The molecule has 0 saturated carbocycles. The molecule has 2 heterocycles. The predicted octanol–water partition coefficient (Wildman–Crippen LogP) is 5.42. The molecule has 4 aromatic rings. The third-order valence-electron chi connectivity index (χ3n) is 4.31. The van der Waals surface area contributed by atoms with Gasteiger partial charge in [0, 0.05) is 5.69 Å². The largest absolute Gasteiger partial charge is 0.321 e. The van der Waals surface area contributed by atoms with Crippen molar-refractivity contribution in [3.05, 3.63) is 89.4 Å². The highest BCUT2D eigenvalue weighted by Gasteiger charge is 2.18. The maximum Gasteiger partial charge on any atom is 0.274 e. The van der Waals surface area contributed by atoms with Crippen molar-refractivity contribution in [3.63, 3.8) is 0 Å². The average Bonchev–Trinajstić information content (AvgIpc) is 3.38. The Balaban J connectivity index is 1.72. The third-order valence-corrected chi connectivity index (χ3v) is 5.20. The van der Waals surface area contributed by atoms with Crippen LogP contribution in [-0.4, -0.2) is 15.7 Å². The lowest BCUT2D eigenvalue weighted by atomic mass is 10.1. The minimum Gasteiger partial charge on any atom is -0.321 e. The lowest BCUT2D eigenvalue weighted by Gasteiger charge is -2.09. The molecule has 0 aliphatic rings. The van der Waals surface area contributed by atoms with E-state index in [0.717, 1.165) is 28.4 Å². The molecular formula is C22H19N3OS. The van der Waals surface area contributed by atoms with E-state index in [4.69, 9.17) is 0 Å². The number of hydrogen-bond donors (Lipinski definition) is 1. The number of rotatable bonds is 5. The smallest absolute Gasteiger partial charge is 0.274 e. The summed E-state index contributed by atoms with van der Waals surface area (Å²) in [6, 6.07) is 23.5. The number of nitrogens with zero attached hydrogens (tertiary/aromatic N) is 2. The molecule has 4 nitrogen and oxygen atoms in total. The molecule has 27 heavy (non-hydrogen) atoms. The minimum atomic E-state index is -0.178. The molecule has 0 fully saturated rings. The Morgan fingerprint density at radius 1 is 1.04 bits per heavy atom. The maximum atomic E-state index is 13.0. The lowest BCUT2D eigenvalue weighted by Crippen LogP contribution is -2.17. The van der Waals surface area contributed by atoms with Gasteiger partial charge in [0.2, 0.25) is 0 Å². The number of thiophene rings is 1. The van der Waals surface area contributed by atoms with Gasteiger partial charge in [-0.25, -0.2) is 4.68 Å². The Bertz CT molecular complexity index is 1050. The van der Waals surface area contributed by atoms with Gasteiger partial charge < -0.3 is 5.32 Å². The molecule has 0 bridgehead atoms. The number of benzene rings is 2. The van der Waals surface area contributed by atoms with Crippen LogP contribution in [0, 0.1) is 0 Å². The SMILES string of the molecule is CCc1cccc(NC(=O)c2cc(-c3cccs3)nn2-c2ccccc2)c1. The number of nitrogens with one attached hydrogen (secondary N) is 1. The Labute approximate surface area is 162 Å². The van der Waals surface area contributed by atoms with E-state index in [1.807, 2.05) is 72.1 Å². The van der Waals surface area contributed by atoms with E-state index in [9.17, 15) is 4.79 Å². The third kappa shape index (κ3) is 3.68. The molecule has 0 unspecified atom stereocenters. The van der Waals surface area contributed by atoms with E-state index in [2.05, 4.69) is 23.4 Å². The topological polar surface area (TPSA) is 46.9 Å². The van der Waals surface area contributed by atoms with Gasteiger partial charge in [0.05, 0.1) is 10.6 Å². The summed E-state index contributed by atoms with van der Waals surface area (Å²) < 4.78 is 1.70. The predicted molar refractivity (Wildman–Crippen MR) is 111 cm³/mol. The Morgan fingerprint density at radius 3 is 2.63 bits per heavy atom. The van der Waals surface area contributed by atoms with Gasteiger partial charge in [-0.2, -0.15) is 5.10 Å². The number of aromatic nitrogens is 2. The van der Waals surface area contributed by atoms with Crippen molar-refractivity contribution in [2.24, 2.45) is 0 Å². The monoisotopic (exact) mass is 373 g/mol. The molecular weight excluding hydrogens is 354 g/mol. The first-order chi connectivity index (χ1) is 13.2. The molecule has 2 aromatic heterocycles. The number of para-hydroxylation sites is 1. The number of amides is 1. The number of anilines is 1. The summed E-state index contributed by atoms with van der Waals surface area (Å²) in [6.07, 6.45) is 0.925. The van der Waals surface area contributed by atoms with Crippen LogP contribution in [0.4, 0.5) is 5.69 Å². The van der Waals surface area contributed by atoms with E-state index in [-0.39, 0.29) is 5.91 Å². The molecule has 0 saturated heterocycles. The summed E-state index contributed by atoms with van der Waals surface area (Å²) in [5.41, 5.74) is 4.13. The van der Waals surface area contributed by atoms with Gasteiger partial charge in [0.25, 0.3) is 5.91 Å². The average molecular weight is 373 g/mol. The van der Waals surface area contributed by atoms with Gasteiger partial charge in [-0.05, 0) is 53.8 Å². The second-order valence-corrected chi connectivity index (χ2v) is 7.10. The van der Waals surface area contributed by atoms with Gasteiger partial charge in [0.1, 0.15) is 11.4 Å². The van der Waals surface area contributed by atoms with E-state index in [1.165, 1.54) is 5.56 Å². The number of carbonyl (C=O) groups excluding carboxylic acids is 1. The van der Waals surface area contributed by atoms with Crippen molar-refractivity contribution >= 4 is 22.9 Å². The highest BCUT2D eigenvalue weighted by molar-refractivity contribution is 7.13. The molecule has 0 radical (unpaired) electrons. The molecule has 134 valence electrons. The molecule has 0 spiro atoms. The van der Waals surface area contributed by atoms with Crippen molar-refractivity contribution in [1.29, 1.82) is 0 Å². The normalized spacial score (nSPS) is 10.7. The highest BCUT2D eigenvalue weighted by atomic mass is 32.1. The van der Waals surface area contributed by atoms with Gasteiger partial charge >= 0.3 is 0 Å². The van der Waals surface area contributed by atoms with Crippen molar-refractivity contribution in [2.45, 2.75) is 13.3 Å². The van der Waals surface area contributed by atoms with Crippen LogP contribution in [0.2, 0.25) is 0 Å². The number of hydrogen-bond acceptors (Lipinski definition) is 3. The zero-order valence-electron chi connectivity index (χ0n) is 14.9. The van der Waals surface area contributed by atoms with E-state index >= 15 is 0 Å². The quantitative estimate of drug-likeness (QED) is 0.508. The van der Waals surface area contributed by atoms with Gasteiger partial charge in [0.15, 0.2) is 0 Å². The Morgan fingerprint density at radius 2 is 1.89 bits per heavy atom. The van der Waals surface area contributed by atoms with Crippen LogP contribution in [0.25, 0.3) is 16.3 Å². The van der Waals surface area contributed by atoms with Crippen LogP contribution in [0.1, 0.15) is 23.0 Å². The van der Waals surface area contributed by atoms with Crippen molar-refractivity contribution in [1.82, 2.24) is 9.78 Å². The van der Waals surface area contributed by atoms with Crippen molar-refractivity contribution in [3.8, 4) is 16.3 Å². The summed E-state index contributed by atoms with van der Waals surface area (Å²) >= 11 is 1.61. The van der Waals surface area contributed by atoms with Gasteiger partial charge in [-0.1, -0.05) is 43.3 Å². The zero-order valence-corrected chi connectivity index (χ0v) is 15.7. The maximum absolute atomic E-state index is 13.0. The van der Waals surface area contributed by atoms with Gasteiger partial charge in [-0.3, -0.25) is 4.79 Å². The minimum absolute atomic E-state index is 0.178. The van der Waals surface area contributed by atoms with Crippen LogP contribution in [0.15, 0.2) is 78.2 Å². The molecule has 4 rings (SSSR count). The molecule has 0 aliphatic carbocycles.